The molecule has 0 N–H and O–H groups in total. The standard InChI is InChI=1S/C14H27NO5S/c1-6-11(2)21(17,18)10-12-9-15(7-8-19-12)13(16)20-14(3,4)5/h11-12H,6-10H2,1-5H3. The molecule has 1 fully saturated rings. The van der Waals surface area contributed by atoms with E-state index >= 15 is 0 Å². The summed E-state index contributed by atoms with van der Waals surface area (Å²) in [5.41, 5.74) is -0.562. The Bertz CT molecular complexity index is 454. The van der Waals surface area contributed by atoms with Crippen molar-refractivity contribution in [3.05, 3.63) is 0 Å². The molecule has 0 radical (unpaired) electrons. The number of amides is 1. The van der Waals surface area contributed by atoms with E-state index in [2.05, 4.69) is 0 Å². The first kappa shape index (κ1) is 18.2. The Morgan fingerprint density at radius 1 is 1.43 bits per heavy atom. The second-order valence-electron chi connectivity index (χ2n) is 6.47. The number of hydrogen-bond donors (Lipinski definition) is 0. The van der Waals surface area contributed by atoms with Gasteiger partial charge in [0.25, 0.3) is 0 Å². The number of sulfone groups is 1. The van der Waals surface area contributed by atoms with Gasteiger partial charge in [0.1, 0.15) is 5.60 Å². The number of carbonyl (C=O) groups excluding carboxylic acids is 1. The highest BCUT2D eigenvalue weighted by Crippen LogP contribution is 2.16. The summed E-state index contributed by atoms with van der Waals surface area (Å²) in [6, 6.07) is 0. The normalized spacial score (nSPS) is 22.0. The van der Waals surface area contributed by atoms with Crippen LogP contribution in [0.3, 0.4) is 0 Å². The molecule has 1 saturated heterocycles. The van der Waals surface area contributed by atoms with Crippen molar-refractivity contribution in [2.24, 2.45) is 0 Å². The van der Waals surface area contributed by atoms with Crippen LogP contribution < -0.4 is 0 Å². The van der Waals surface area contributed by atoms with Gasteiger partial charge < -0.3 is 14.4 Å². The molecule has 0 bridgehead atoms. The molecule has 1 aliphatic heterocycles. The molecule has 1 heterocycles. The fraction of sp³-hybridized carbons (Fsp3) is 0.929. The van der Waals surface area contributed by atoms with Crippen molar-refractivity contribution >= 4 is 15.9 Å². The predicted octanol–water partition coefficient (Wildman–Crippen LogP) is 1.84. The maximum atomic E-state index is 12.1. The summed E-state index contributed by atoms with van der Waals surface area (Å²) in [4.78, 5) is 13.5. The number of ether oxygens (including phenoxy) is 2. The van der Waals surface area contributed by atoms with Crippen molar-refractivity contribution < 1.29 is 22.7 Å². The van der Waals surface area contributed by atoms with Crippen molar-refractivity contribution in [2.45, 2.75) is 58.0 Å². The molecule has 6 nitrogen and oxygen atoms in total. The molecule has 0 aromatic heterocycles. The molecule has 0 spiro atoms. The Kier molecular flexibility index (Phi) is 6.04. The largest absolute Gasteiger partial charge is 0.444 e. The van der Waals surface area contributed by atoms with Gasteiger partial charge in [-0.05, 0) is 34.1 Å². The van der Waals surface area contributed by atoms with Crippen molar-refractivity contribution in [1.82, 2.24) is 4.90 Å². The van der Waals surface area contributed by atoms with Crippen LogP contribution in [0, 0.1) is 0 Å². The van der Waals surface area contributed by atoms with Crippen molar-refractivity contribution in [3.8, 4) is 0 Å². The predicted molar refractivity (Wildman–Crippen MR) is 81.1 cm³/mol. The Balaban J connectivity index is 2.63. The maximum Gasteiger partial charge on any atom is 0.410 e. The van der Waals surface area contributed by atoms with E-state index in [9.17, 15) is 13.2 Å². The molecule has 124 valence electrons. The molecule has 1 rings (SSSR count). The zero-order valence-corrected chi connectivity index (χ0v) is 14.4. The van der Waals surface area contributed by atoms with Crippen LogP contribution in [-0.4, -0.2) is 61.8 Å². The Labute approximate surface area is 127 Å². The van der Waals surface area contributed by atoms with E-state index in [0.717, 1.165) is 0 Å². The summed E-state index contributed by atoms with van der Waals surface area (Å²) in [6.45, 7) is 9.96. The lowest BCUT2D eigenvalue weighted by atomic mass is 10.2. The smallest absolute Gasteiger partial charge is 0.410 e. The van der Waals surface area contributed by atoms with Crippen LogP contribution in [0.5, 0.6) is 0 Å². The number of rotatable bonds is 4. The molecule has 1 amide bonds. The van der Waals surface area contributed by atoms with E-state index < -0.39 is 32.9 Å². The number of carbonyl (C=O) groups is 1. The highest BCUT2D eigenvalue weighted by molar-refractivity contribution is 7.92. The number of hydrogen-bond acceptors (Lipinski definition) is 5. The average molecular weight is 321 g/mol. The monoisotopic (exact) mass is 321 g/mol. The lowest BCUT2D eigenvalue weighted by molar-refractivity contribution is -0.0343. The second-order valence-corrected chi connectivity index (χ2v) is 8.93. The number of morpholine rings is 1. The lowest BCUT2D eigenvalue weighted by Crippen LogP contribution is -2.49. The fourth-order valence-electron chi connectivity index (χ4n) is 1.99. The first-order valence-electron chi connectivity index (χ1n) is 7.36. The molecule has 7 heteroatoms. The molecule has 0 aromatic rings. The van der Waals surface area contributed by atoms with E-state index in [1.807, 2.05) is 6.92 Å². The number of nitrogens with zero attached hydrogens (tertiary/aromatic N) is 1. The third-order valence-corrected chi connectivity index (χ3v) is 5.79. The molecule has 0 aromatic carbocycles. The quantitative estimate of drug-likeness (QED) is 0.790. The van der Waals surface area contributed by atoms with Crippen molar-refractivity contribution in [1.29, 1.82) is 0 Å². The van der Waals surface area contributed by atoms with E-state index in [4.69, 9.17) is 9.47 Å². The molecule has 21 heavy (non-hydrogen) atoms. The molecule has 0 saturated carbocycles. The van der Waals surface area contributed by atoms with Gasteiger partial charge in [0.05, 0.1) is 30.3 Å². The van der Waals surface area contributed by atoms with E-state index in [-0.39, 0.29) is 12.3 Å². The van der Waals surface area contributed by atoms with Crippen molar-refractivity contribution in [3.63, 3.8) is 0 Å². The zero-order valence-electron chi connectivity index (χ0n) is 13.6. The fourth-order valence-corrected chi connectivity index (χ4v) is 3.55. The van der Waals surface area contributed by atoms with Crippen molar-refractivity contribution in [2.75, 3.05) is 25.4 Å². The summed E-state index contributed by atoms with van der Waals surface area (Å²) in [5, 5.41) is -0.391. The molecule has 2 atom stereocenters. The first-order chi connectivity index (χ1) is 9.55. The lowest BCUT2D eigenvalue weighted by Gasteiger charge is -2.34. The van der Waals surface area contributed by atoms with Crippen LogP contribution in [0.1, 0.15) is 41.0 Å². The van der Waals surface area contributed by atoms with Gasteiger partial charge in [-0.2, -0.15) is 0 Å². The Morgan fingerprint density at radius 3 is 2.57 bits per heavy atom. The van der Waals surface area contributed by atoms with Gasteiger partial charge in [-0.25, -0.2) is 13.2 Å². The first-order valence-corrected chi connectivity index (χ1v) is 9.08. The zero-order chi connectivity index (χ0) is 16.3. The molecule has 1 aliphatic rings. The van der Waals surface area contributed by atoms with Gasteiger partial charge in [-0.3, -0.25) is 0 Å². The van der Waals surface area contributed by atoms with Gasteiger partial charge in [-0.1, -0.05) is 6.92 Å². The van der Waals surface area contributed by atoms with Gasteiger partial charge in [-0.15, -0.1) is 0 Å². The summed E-state index contributed by atoms with van der Waals surface area (Å²) < 4.78 is 35.0. The Hall–Kier alpha value is -0.820. The molecular formula is C14H27NO5S. The topological polar surface area (TPSA) is 72.9 Å². The van der Waals surface area contributed by atoms with Gasteiger partial charge >= 0.3 is 6.09 Å². The van der Waals surface area contributed by atoms with Crippen LogP contribution in [0.2, 0.25) is 0 Å². The van der Waals surface area contributed by atoms with Gasteiger partial charge in [0.15, 0.2) is 9.84 Å². The van der Waals surface area contributed by atoms with Crippen LogP contribution in [0.4, 0.5) is 4.79 Å². The minimum atomic E-state index is -3.20. The molecular weight excluding hydrogens is 294 g/mol. The second kappa shape index (κ2) is 6.96. The van der Waals surface area contributed by atoms with Crippen LogP contribution in [-0.2, 0) is 19.3 Å². The minimum absolute atomic E-state index is 0.0543. The summed E-state index contributed by atoms with van der Waals surface area (Å²) in [6.07, 6.45) is -0.327. The average Bonchev–Trinajstić information content (AvgIpc) is 2.35. The highest BCUT2D eigenvalue weighted by Gasteiger charge is 2.32. The summed E-state index contributed by atoms with van der Waals surface area (Å²) >= 11 is 0. The molecule has 0 aliphatic carbocycles. The van der Waals surface area contributed by atoms with Crippen LogP contribution in [0.15, 0.2) is 0 Å². The summed E-state index contributed by atoms with van der Waals surface area (Å²) in [7, 11) is -3.20. The van der Waals surface area contributed by atoms with Crippen LogP contribution >= 0.6 is 0 Å². The highest BCUT2D eigenvalue weighted by atomic mass is 32.2. The third kappa shape index (κ3) is 5.82. The summed E-state index contributed by atoms with van der Waals surface area (Å²) in [5.74, 6) is -0.0543. The Morgan fingerprint density at radius 2 is 2.05 bits per heavy atom. The van der Waals surface area contributed by atoms with E-state index in [1.54, 1.807) is 27.7 Å². The SMILES string of the molecule is CCC(C)S(=O)(=O)CC1CN(C(=O)OC(C)(C)C)CCO1. The van der Waals surface area contributed by atoms with E-state index in [0.29, 0.717) is 19.6 Å². The minimum Gasteiger partial charge on any atom is -0.444 e. The third-order valence-electron chi connectivity index (χ3n) is 3.40. The van der Waals surface area contributed by atoms with Gasteiger partial charge in [0.2, 0.25) is 0 Å². The molecule has 2 unspecified atom stereocenters. The van der Waals surface area contributed by atoms with E-state index in [1.165, 1.54) is 4.90 Å². The maximum absolute atomic E-state index is 12.1. The van der Waals surface area contributed by atoms with Crippen LogP contribution in [0.25, 0.3) is 0 Å². The van der Waals surface area contributed by atoms with Gasteiger partial charge in [0, 0.05) is 6.54 Å².